The maximum atomic E-state index is 13.4. The van der Waals surface area contributed by atoms with Crippen LogP contribution in [0, 0.1) is 0 Å². The van der Waals surface area contributed by atoms with Crippen molar-refractivity contribution in [2.45, 2.75) is 36.6 Å². The Morgan fingerprint density at radius 2 is 1.68 bits per heavy atom. The Morgan fingerprint density at radius 1 is 1.00 bits per heavy atom. The number of esters is 1. The van der Waals surface area contributed by atoms with E-state index in [9.17, 15) is 18.0 Å². The molecule has 0 unspecified atom stereocenters. The average Bonchev–Trinajstić information content (AvgIpc) is 3.68. The molecular formula is C27H26Cl2N2O5S. The van der Waals surface area contributed by atoms with E-state index in [-0.39, 0.29) is 17.4 Å². The molecule has 194 valence electrons. The molecule has 1 N–H and O–H groups in total. The van der Waals surface area contributed by atoms with Crippen molar-refractivity contribution < 1.29 is 22.7 Å². The highest BCUT2D eigenvalue weighted by Crippen LogP contribution is 2.49. The number of hydrogen-bond acceptors (Lipinski definition) is 5. The van der Waals surface area contributed by atoms with Gasteiger partial charge in [0.2, 0.25) is 15.9 Å². The summed E-state index contributed by atoms with van der Waals surface area (Å²) in [4.78, 5) is 25.4. The molecule has 1 fully saturated rings. The number of carbonyl (C=O) groups is 2. The fraction of sp³-hybridized carbons (Fsp3) is 0.259. The van der Waals surface area contributed by atoms with Crippen LogP contribution in [0.1, 0.15) is 30.9 Å². The van der Waals surface area contributed by atoms with Crippen molar-refractivity contribution in [2.24, 2.45) is 0 Å². The molecule has 0 radical (unpaired) electrons. The molecule has 0 heterocycles. The second-order valence-corrected chi connectivity index (χ2v) is 11.5. The molecule has 1 saturated carbocycles. The normalized spacial score (nSPS) is 14.3. The molecule has 7 nitrogen and oxygen atoms in total. The van der Waals surface area contributed by atoms with Crippen molar-refractivity contribution in [3.63, 3.8) is 0 Å². The van der Waals surface area contributed by atoms with Crippen molar-refractivity contribution in [3.05, 3.63) is 94.0 Å². The van der Waals surface area contributed by atoms with Crippen molar-refractivity contribution in [3.8, 4) is 0 Å². The molecule has 1 amide bonds. The van der Waals surface area contributed by atoms with E-state index in [1.807, 2.05) is 0 Å². The molecule has 0 saturated heterocycles. The third kappa shape index (κ3) is 6.15. The molecule has 0 atom stereocenters. The van der Waals surface area contributed by atoms with E-state index in [0.717, 1.165) is 22.7 Å². The number of sulfonamides is 1. The number of hydrogen-bond donors (Lipinski definition) is 1. The lowest BCUT2D eigenvalue weighted by molar-refractivity contribution is -0.146. The number of amides is 1. The summed E-state index contributed by atoms with van der Waals surface area (Å²) in [5.74, 6) is -0.765. The average molecular weight is 561 g/mol. The quantitative estimate of drug-likeness (QED) is 0.334. The summed E-state index contributed by atoms with van der Waals surface area (Å²) in [6.45, 7) is 1.53. The summed E-state index contributed by atoms with van der Waals surface area (Å²) < 4.78 is 33.1. The largest absolute Gasteiger partial charge is 0.465 e. The summed E-state index contributed by atoms with van der Waals surface area (Å²) in [6, 6.07) is 19.6. The van der Waals surface area contributed by atoms with Gasteiger partial charge in [-0.25, -0.2) is 8.42 Å². The third-order valence-corrected chi connectivity index (χ3v) is 8.59. The first-order valence-corrected chi connectivity index (χ1v) is 13.9. The zero-order valence-electron chi connectivity index (χ0n) is 20.1. The lowest BCUT2D eigenvalue weighted by Gasteiger charge is -2.22. The molecular weight excluding hydrogens is 535 g/mol. The van der Waals surface area contributed by atoms with E-state index in [1.165, 1.54) is 18.2 Å². The minimum Gasteiger partial charge on any atom is -0.465 e. The fourth-order valence-corrected chi connectivity index (χ4v) is 5.91. The predicted molar refractivity (Wildman–Crippen MR) is 143 cm³/mol. The zero-order valence-corrected chi connectivity index (χ0v) is 22.4. The van der Waals surface area contributed by atoms with Gasteiger partial charge >= 0.3 is 5.97 Å². The van der Waals surface area contributed by atoms with Gasteiger partial charge in [0.25, 0.3) is 0 Å². The molecule has 3 aromatic rings. The summed E-state index contributed by atoms with van der Waals surface area (Å²) in [5.41, 5.74) is 1.21. The molecule has 1 aliphatic carbocycles. The van der Waals surface area contributed by atoms with Gasteiger partial charge in [-0.2, -0.15) is 4.31 Å². The van der Waals surface area contributed by atoms with Gasteiger partial charge in [-0.15, -0.1) is 0 Å². The lowest BCUT2D eigenvalue weighted by Crippen LogP contribution is -2.37. The molecule has 3 aromatic carbocycles. The van der Waals surface area contributed by atoms with Crippen LogP contribution in [0.2, 0.25) is 10.0 Å². The Hall–Kier alpha value is -2.91. The Morgan fingerprint density at radius 3 is 2.27 bits per heavy atom. The van der Waals surface area contributed by atoms with Gasteiger partial charge in [-0.1, -0.05) is 59.6 Å². The minimum absolute atomic E-state index is 0.0611. The maximum absolute atomic E-state index is 13.4. The second kappa shape index (κ2) is 11.2. The van der Waals surface area contributed by atoms with Crippen molar-refractivity contribution >= 4 is 50.8 Å². The summed E-state index contributed by atoms with van der Waals surface area (Å²) in [7, 11) is -4.02. The summed E-state index contributed by atoms with van der Waals surface area (Å²) >= 11 is 12.3. The SMILES string of the molecule is CCOC(=O)C1(c2ccc(NC(=O)CN(Cc3ccc(Cl)cc3Cl)S(=O)(=O)c3ccccc3)cc2)CC1. The van der Waals surface area contributed by atoms with Crippen LogP contribution < -0.4 is 5.32 Å². The number of halogens is 2. The highest BCUT2D eigenvalue weighted by molar-refractivity contribution is 7.89. The summed E-state index contributed by atoms with van der Waals surface area (Å²) in [6.07, 6.45) is 1.44. The zero-order chi connectivity index (χ0) is 26.6. The van der Waals surface area contributed by atoms with Crippen LogP contribution in [0.25, 0.3) is 0 Å². The van der Waals surface area contributed by atoms with Gasteiger partial charge in [-0.3, -0.25) is 9.59 Å². The summed E-state index contributed by atoms with van der Waals surface area (Å²) in [5, 5.41) is 3.46. The molecule has 37 heavy (non-hydrogen) atoms. The second-order valence-electron chi connectivity index (χ2n) is 8.75. The van der Waals surface area contributed by atoms with Gasteiger partial charge < -0.3 is 10.1 Å². The van der Waals surface area contributed by atoms with E-state index in [1.54, 1.807) is 61.5 Å². The first-order valence-electron chi connectivity index (χ1n) is 11.7. The Balaban J connectivity index is 1.52. The number of anilines is 1. The number of ether oxygens (including phenoxy) is 1. The van der Waals surface area contributed by atoms with E-state index in [0.29, 0.717) is 27.9 Å². The Labute approximate surface area is 226 Å². The van der Waals surface area contributed by atoms with Crippen molar-refractivity contribution in [1.82, 2.24) is 4.31 Å². The molecule has 0 aromatic heterocycles. The topological polar surface area (TPSA) is 92.8 Å². The first-order chi connectivity index (χ1) is 17.7. The minimum atomic E-state index is -4.02. The number of benzene rings is 3. The van der Waals surface area contributed by atoms with Crippen molar-refractivity contribution in [2.75, 3.05) is 18.5 Å². The van der Waals surface area contributed by atoms with Crippen LogP contribution in [0.3, 0.4) is 0 Å². The lowest BCUT2D eigenvalue weighted by atomic mass is 9.96. The van der Waals surface area contributed by atoms with Crippen LogP contribution in [0.5, 0.6) is 0 Å². The highest BCUT2D eigenvalue weighted by atomic mass is 35.5. The monoisotopic (exact) mass is 560 g/mol. The fourth-order valence-electron chi connectivity index (χ4n) is 4.05. The number of nitrogens with one attached hydrogen (secondary N) is 1. The van der Waals surface area contributed by atoms with E-state index in [2.05, 4.69) is 5.32 Å². The van der Waals surface area contributed by atoms with Gasteiger partial charge in [0.05, 0.1) is 23.5 Å². The molecule has 1 aliphatic rings. The van der Waals surface area contributed by atoms with Crippen LogP contribution in [-0.2, 0) is 36.3 Å². The van der Waals surface area contributed by atoms with Crippen LogP contribution in [0.15, 0.2) is 77.7 Å². The van der Waals surface area contributed by atoms with Gasteiger partial charge in [-0.05, 0) is 67.3 Å². The van der Waals surface area contributed by atoms with Crippen LogP contribution >= 0.6 is 23.2 Å². The number of rotatable bonds is 10. The first kappa shape index (κ1) is 27.1. The number of nitrogens with zero attached hydrogens (tertiary/aromatic N) is 1. The van der Waals surface area contributed by atoms with Crippen molar-refractivity contribution in [1.29, 1.82) is 0 Å². The highest BCUT2D eigenvalue weighted by Gasteiger charge is 2.52. The Kier molecular flexibility index (Phi) is 8.23. The van der Waals surface area contributed by atoms with E-state index >= 15 is 0 Å². The standard InChI is InChI=1S/C27H26Cl2N2O5S/c1-2-36-26(33)27(14-15-27)20-9-12-22(13-10-20)30-25(32)18-31(17-19-8-11-21(28)16-24(19)29)37(34,35)23-6-4-3-5-7-23/h3-13,16H,2,14-15,17-18H2,1H3,(H,30,32). The van der Waals surface area contributed by atoms with Gasteiger partial charge in [0, 0.05) is 22.3 Å². The third-order valence-electron chi connectivity index (χ3n) is 6.20. The number of carbonyl (C=O) groups excluding carboxylic acids is 2. The van der Waals surface area contributed by atoms with E-state index in [4.69, 9.17) is 27.9 Å². The maximum Gasteiger partial charge on any atom is 0.316 e. The Bertz CT molecular complexity index is 1390. The van der Waals surface area contributed by atoms with Crippen LogP contribution in [-0.4, -0.2) is 37.8 Å². The smallest absolute Gasteiger partial charge is 0.316 e. The van der Waals surface area contributed by atoms with E-state index < -0.39 is 27.9 Å². The molecule has 0 spiro atoms. The molecule has 0 aliphatic heterocycles. The molecule has 10 heteroatoms. The molecule has 0 bridgehead atoms. The van der Waals surface area contributed by atoms with Gasteiger partial charge in [0.15, 0.2) is 0 Å². The predicted octanol–water partition coefficient (Wildman–Crippen LogP) is 5.42. The van der Waals surface area contributed by atoms with Crippen LogP contribution in [0.4, 0.5) is 5.69 Å². The van der Waals surface area contributed by atoms with Gasteiger partial charge in [0.1, 0.15) is 0 Å². The molecule has 4 rings (SSSR count).